The second kappa shape index (κ2) is 6.08. The Labute approximate surface area is 101 Å². The van der Waals surface area contributed by atoms with Crippen LogP contribution in [0.3, 0.4) is 0 Å². The molecule has 1 saturated carbocycles. The zero-order chi connectivity index (χ0) is 12.1. The molecular formula is C16H26. The van der Waals surface area contributed by atoms with E-state index >= 15 is 0 Å². The molecule has 0 radical (unpaired) electrons. The first-order valence-corrected chi connectivity index (χ1v) is 6.64. The molecule has 0 amide bonds. The van der Waals surface area contributed by atoms with Gasteiger partial charge in [0.1, 0.15) is 0 Å². The maximum atomic E-state index is 4.24. The monoisotopic (exact) mass is 218 g/mol. The summed E-state index contributed by atoms with van der Waals surface area (Å²) in [4.78, 5) is 0. The molecule has 1 fully saturated rings. The molecule has 1 rings (SSSR count). The van der Waals surface area contributed by atoms with Crippen LogP contribution >= 0.6 is 0 Å². The Morgan fingerprint density at radius 1 is 1.50 bits per heavy atom. The highest BCUT2D eigenvalue weighted by molar-refractivity contribution is 5.31. The van der Waals surface area contributed by atoms with Crippen molar-refractivity contribution in [3.05, 3.63) is 36.0 Å². The normalized spacial score (nSPS) is 25.8. The first kappa shape index (κ1) is 13.3. The predicted octanol–water partition coefficient (Wildman–Crippen LogP) is 5.28. The average molecular weight is 218 g/mol. The van der Waals surface area contributed by atoms with Crippen LogP contribution in [-0.4, -0.2) is 0 Å². The molecule has 0 aromatic rings. The van der Waals surface area contributed by atoms with Gasteiger partial charge in [0.15, 0.2) is 0 Å². The molecule has 16 heavy (non-hydrogen) atoms. The molecule has 0 aromatic carbocycles. The van der Waals surface area contributed by atoms with Crippen molar-refractivity contribution >= 4 is 0 Å². The molecule has 0 bridgehead atoms. The van der Waals surface area contributed by atoms with Crippen LogP contribution in [-0.2, 0) is 0 Å². The van der Waals surface area contributed by atoms with E-state index < -0.39 is 0 Å². The lowest BCUT2D eigenvalue weighted by atomic mass is 9.72. The minimum atomic E-state index is 0.708. The summed E-state index contributed by atoms with van der Waals surface area (Å²) in [5, 5.41) is 0. The molecule has 0 aliphatic heterocycles. The van der Waals surface area contributed by atoms with E-state index in [2.05, 4.69) is 40.0 Å². The molecular weight excluding hydrogens is 192 g/mol. The number of allylic oxidation sites excluding steroid dienone is 4. The summed E-state index contributed by atoms with van der Waals surface area (Å²) < 4.78 is 0. The number of hydrogen-bond donors (Lipinski definition) is 0. The van der Waals surface area contributed by atoms with Crippen molar-refractivity contribution in [1.82, 2.24) is 0 Å². The zero-order valence-electron chi connectivity index (χ0n) is 11.2. The van der Waals surface area contributed by atoms with Crippen molar-refractivity contribution in [3.8, 4) is 0 Å². The summed E-state index contributed by atoms with van der Waals surface area (Å²) in [6.07, 6.45) is 8.29. The third kappa shape index (κ3) is 2.87. The van der Waals surface area contributed by atoms with Crippen molar-refractivity contribution < 1.29 is 0 Å². The Morgan fingerprint density at radius 2 is 2.19 bits per heavy atom. The van der Waals surface area contributed by atoms with E-state index in [1.807, 2.05) is 0 Å². The molecule has 2 atom stereocenters. The van der Waals surface area contributed by atoms with E-state index in [4.69, 9.17) is 0 Å². The van der Waals surface area contributed by atoms with Gasteiger partial charge in [-0.15, -0.1) is 0 Å². The third-order valence-corrected chi connectivity index (χ3v) is 4.08. The third-order valence-electron chi connectivity index (χ3n) is 4.08. The van der Waals surface area contributed by atoms with E-state index in [0.717, 1.165) is 12.3 Å². The Bertz CT molecular complexity index is 293. The van der Waals surface area contributed by atoms with Crippen molar-refractivity contribution in [1.29, 1.82) is 0 Å². The lowest BCUT2D eigenvalue weighted by Crippen LogP contribution is -2.20. The quantitative estimate of drug-likeness (QED) is 0.563. The van der Waals surface area contributed by atoms with E-state index in [-0.39, 0.29) is 0 Å². The minimum absolute atomic E-state index is 0.708. The zero-order valence-corrected chi connectivity index (χ0v) is 11.2. The maximum absolute atomic E-state index is 4.24. The van der Waals surface area contributed by atoms with Crippen LogP contribution in [0.15, 0.2) is 36.0 Å². The summed E-state index contributed by atoms with van der Waals surface area (Å²) in [6, 6.07) is 0. The fraction of sp³-hybridized carbons (Fsp3) is 0.625. The van der Waals surface area contributed by atoms with Gasteiger partial charge < -0.3 is 0 Å². The molecule has 90 valence electrons. The number of rotatable bonds is 4. The van der Waals surface area contributed by atoms with E-state index in [1.165, 1.54) is 42.4 Å². The molecule has 1 aliphatic carbocycles. The van der Waals surface area contributed by atoms with Gasteiger partial charge in [0.25, 0.3) is 0 Å². The second-order valence-corrected chi connectivity index (χ2v) is 4.95. The smallest absolute Gasteiger partial charge is 0.0177 e. The highest BCUT2D eigenvalue weighted by atomic mass is 14.3. The largest absolute Gasteiger partial charge is 0.0996 e. The van der Waals surface area contributed by atoms with Gasteiger partial charge in [0.05, 0.1) is 0 Å². The molecule has 0 nitrogen and oxygen atoms in total. The fourth-order valence-electron chi connectivity index (χ4n) is 2.98. The summed E-state index contributed by atoms with van der Waals surface area (Å²) in [6.45, 7) is 15.1. The van der Waals surface area contributed by atoms with E-state index in [0.29, 0.717) is 5.92 Å². The van der Waals surface area contributed by atoms with E-state index in [1.54, 1.807) is 0 Å². The van der Waals surface area contributed by atoms with Gasteiger partial charge >= 0.3 is 0 Å². The lowest BCUT2D eigenvalue weighted by molar-refractivity contribution is 0.324. The highest BCUT2D eigenvalue weighted by Crippen LogP contribution is 2.40. The van der Waals surface area contributed by atoms with Crippen LogP contribution in [0, 0.1) is 11.8 Å². The molecule has 0 saturated heterocycles. The standard InChI is InChI=1S/C16H26/c1-6-12(4)16(8-3)15-10-9-14(7-2)13(5)11-15/h7,15-16H,4-6,8-11H2,1-3H3/b14-7-. The Morgan fingerprint density at radius 3 is 2.62 bits per heavy atom. The van der Waals surface area contributed by atoms with Gasteiger partial charge in [-0.1, -0.05) is 44.2 Å². The molecule has 2 unspecified atom stereocenters. The van der Waals surface area contributed by atoms with Gasteiger partial charge in [0.2, 0.25) is 0 Å². The van der Waals surface area contributed by atoms with Gasteiger partial charge in [0, 0.05) is 0 Å². The lowest BCUT2D eigenvalue weighted by Gasteiger charge is -2.33. The minimum Gasteiger partial charge on any atom is -0.0996 e. The van der Waals surface area contributed by atoms with Gasteiger partial charge in [-0.2, -0.15) is 0 Å². The molecule has 0 aromatic heterocycles. The van der Waals surface area contributed by atoms with E-state index in [9.17, 15) is 0 Å². The molecule has 0 N–H and O–H groups in total. The summed E-state index contributed by atoms with van der Waals surface area (Å²) >= 11 is 0. The topological polar surface area (TPSA) is 0 Å². The number of hydrogen-bond acceptors (Lipinski definition) is 0. The molecule has 0 heteroatoms. The Hall–Kier alpha value is -0.780. The van der Waals surface area contributed by atoms with Crippen LogP contribution in [0.4, 0.5) is 0 Å². The summed E-state index contributed by atoms with van der Waals surface area (Å²) in [5.74, 6) is 1.49. The van der Waals surface area contributed by atoms with Crippen molar-refractivity contribution in [2.45, 2.75) is 52.9 Å². The predicted molar refractivity (Wildman–Crippen MR) is 73.5 cm³/mol. The van der Waals surface area contributed by atoms with Crippen molar-refractivity contribution in [2.24, 2.45) is 11.8 Å². The Balaban J connectivity index is 2.69. The van der Waals surface area contributed by atoms with Crippen LogP contribution in [0.25, 0.3) is 0 Å². The summed E-state index contributed by atoms with van der Waals surface area (Å²) in [7, 11) is 0. The maximum Gasteiger partial charge on any atom is -0.0177 e. The SMILES string of the molecule is C=C1CC(C(CC)C(=C)CC)CC/C1=C/C. The molecule has 0 heterocycles. The van der Waals surface area contributed by atoms with Crippen LogP contribution in [0.1, 0.15) is 52.9 Å². The van der Waals surface area contributed by atoms with Gasteiger partial charge in [-0.25, -0.2) is 0 Å². The van der Waals surface area contributed by atoms with Crippen LogP contribution in [0.5, 0.6) is 0 Å². The average Bonchev–Trinajstić information content (AvgIpc) is 2.30. The highest BCUT2D eigenvalue weighted by Gasteiger charge is 2.26. The molecule has 0 spiro atoms. The fourth-order valence-corrected chi connectivity index (χ4v) is 2.98. The van der Waals surface area contributed by atoms with Gasteiger partial charge in [-0.3, -0.25) is 0 Å². The van der Waals surface area contributed by atoms with Gasteiger partial charge in [-0.05, 0) is 56.4 Å². The Kier molecular flexibility index (Phi) is 5.05. The first-order valence-electron chi connectivity index (χ1n) is 6.64. The first-order chi connectivity index (χ1) is 7.63. The summed E-state index contributed by atoms with van der Waals surface area (Å²) in [5.41, 5.74) is 4.28. The van der Waals surface area contributed by atoms with Crippen LogP contribution in [0.2, 0.25) is 0 Å². The molecule has 1 aliphatic rings. The van der Waals surface area contributed by atoms with Crippen LogP contribution < -0.4 is 0 Å². The second-order valence-electron chi connectivity index (χ2n) is 4.95. The van der Waals surface area contributed by atoms with Crippen molar-refractivity contribution in [2.75, 3.05) is 0 Å². The van der Waals surface area contributed by atoms with Crippen molar-refractivity contribution in [3.63, 3.8) is 0 Å².